The van der Waals surface area contributed by atoms with Gasteiger partial charge in [0.25, 0.3) is 11.2 Å². The molecule has 1 aromatic carbocycles. The first kappa shape index (κ1) is 20.1. The van der Waals surface area contributed by atoms with Crippen LogP contribution in [-0.4, -0.2) is 22.5 Å². The van der Waals surface area contributed by atoms with Crippen LogP contribution in [0.3, 0.4) is 0 Å². The van der Waals surface area contributed by atoms with E-state index in [2.05, 4.69) is 5.32 Å². The molecule has 0 spiro atoms. The Morgan fingerprint density at radius 1 is 1.44 bits per heavy atom. The number of hydrogen-bond donors (Lipinski definition) is 1. The molecule has 0 aliphatic carbocycles. The molecule has 0 saturated carbocycles. The molecule has 1 heterocycles. The first-order chi connectivity index (χ1) is 12.8. The van der Waals surface area contributed by atoms with Crippen molar-refractivity contribution in [2.45, 2.75) is 20.1 Å². The average molecular weight is 391 g/mol. The van der Waals surface area contributed by atoms with E-state index in [0.29, 0.717) is 11.3 Å². The summed E-state index contributed by atoms with van der Waals surface area (Å²) in [5.74, 6) is -0.583. The van der Waals surface area contributed by atoms with Gasteiger partial charge in [-0.2, -0.15) is 5.26 Å². The first-order valence-electron chi connectivity index (χ1n) is 7.64. The van der Waals surface area contributed by atoms with Crippen LogP contribution >= 0.6 is 11.6 Å². The zero-order chi connectivity index (χ0) is 20.1. The van der Waals surface area contributed by atoms with Crippen molar-refractivity contribution in [2.24, 2.45) is 0 Å². The summed E-state index contributed by atoms with van der Waals surface area (Å²) in [5, 5.41) is 22.6. The molecule has 0 aliphatic heterocycles. The third kappa shape index (κ3) is 4.49. The number of ether oxygens (including phenoxy) is 1. The summed E-state index contributed by atoms with van der Waals surface area (Å²) in [7, 11) is 1.45. The van der Waals surface area contributed by atoms with Crippen molar-refractivity contribution < 1.29 is 14.5 Å². The molecule has 0 aliphatic rings. The Morgan fingerprint density at radius 2 is 2.15 bits per heavy atom. The number of anilines is 1. The predicted molar refractivity (Wildman–Crippen MR) is 97.6 cm³/mol. The van der Waals surface area contributed by atoms with E-state index in [1.807, 2.05) is 6.07 Å². The van der Waals surface area contributed by atoms with Gasteiger partial charge in [-0.3, -0.25) is 19.7 Å². The van der Waals surface area contributed by atoms with Gasteiger partial charge in [0.05, 0.1) is 11.5 Å². The topological polar surface area (TPSA) is 127 Å². The number of methoxy groups -OCH3 is 1. The average Bonchev–Trinajstić information content (AvgIpc) is 2.60. The summed E-state index contributed by atoms with van der Waals surface area (Å²) in [4.78, 5) is 35.0. The maximum Gasteiger partial charge on any atom is 0.289 e. The summed E-state index contributed by atoms with van der Waals surface area (Å²) in [5.41, 5.74) is 0.0201. The SMILES string of the molecule is COCc1cc(C)n(CC(=O)Nc2ccc(Cl)c([N+](=O)[O-])c2)c(=O)c1C#N. The summed E-state index contributed by atoms with van der Waals surface area (Å²) in [6.07, 6.45) is 0. The van der Waals surface area contributed by atoms with Crippen LogP contribution in [0.5, 0.6) is 0 Å². The largest absolute Gasteiger partial charge is 0.380 e. The van der Waals surface area contributed by atoms with E-state index in [-0.39, 0.29) is 35.1 Å². The maximum absolute atomic E-state index is 12.5. The molecule has 2 rings (SSSR count). The van der Waals surface area contributed by atoms with E-state index < -0.39 is 16.4 Å². The van der Waals surface area contributed by atoms with Crippen LogP contribution in [-0.2, 0) is 22.7 Å². The van der Waals surface area contributed by atoms with Gasteiger partial charge >= 0.3 is 0 Å². The number of nitrogens with one attached hydrogen (secondary N) is 1. The molecular weight excluding hydrogens is 376 g/mol. The highest BCUT2D eigenvalue weighted by Gasteiger charge is 2.17. The molecule has 27 heavy (non-hydrogen) atoms. The zero-order valence-electron chi connectivity index (χ0n) is 14.5. The number of pyridine rings is 1. The molecule has 2 aromatic rings. The molecule has 0 radical (unpaired) electrons. The predicted octanol–water partition coefficient (Wildman–Crippen LogP) is 2.38. The standard InChI is InChI=1S/C17H15ClN4O5/c1-10-5-11(9-27-2)13(7-19)17(24)21(10)8-16(23)20-12-3-4-14(18)15(6-12)22(25)26/h3-6H,8-9H2,1-2H3,(H,20,23). The number of nitriles is 1. The number of carbonyl (C=O) groups excluding carboxylic acids is 1. The lowest BCUT2D eigenvalue weighted by atomic mass is 10.1. The third-order valence-electron chi connectivity index (χ3n) is 3.73. The van der Waals surface area contributed by atoms with Crippen LogP contribution in [0.25, 0.3) is 0 Å². The lowest BCUT2D eigenvalue weighted by Crippen LogP contribution is -2.31. The van der Waals surface area contributed by atoms with Crippen molar-refractivity contribution in [1.82, 2.24) is 4.57 Å². The fourth-order valence-electron chi connectivity index (χ4n) is 2.49. The zero-order valence-corrected chi connectivity index (χ0v) is 15.2. The number of nitro benzene ring substituents is 1. The van der Waals surface area contributed by atoms with Crippen LogP contribution in [0.15, 0.2) is 29.1 Å². The van der Waals surface area contributed by atoms with Crippen molar-refractivity contribution in [3.05, 3.63) is 66.6 Å². The molecule has 1 aromatic heterocycles. The number of amides is 1. The second-order valence-electron chi connectivity index (χ2n) is 5.59. The highest BCUT2D eigenvalue weighted by Crippen LogP contribution is 2.27. The smallest absolute Gasteiger partial charge is 0.289 e. The molecule has 140 valence electrons. The number of halogens is 1. The van der Waals surface area contributed by atoms with Crippen molar-refractivity contribution in [3.8, 4) is 6.07 Å². The Balaban J connectivity index is 2.29. The van der Waals surface area contributed by atoms with E-state index in [4.69, 9.17) is 16.3 Å². The summed E-state index contributed by atoms with van der Waals surface area (Å²) in [6, 6.07) is 7.25. The van der Waals surface area contributed by atoms with Gasteiger partial charge < -0.3 is 14.6 Å². The van der Waals surface area contributed by atoms with Crippen molar-refractivity contribution in [1.29, 1.82) is 5.26 Å². The van der Waals surface area contributed by atoms with Gasteiger partial charge in [-0.15, -0.1) is 0 Å². The van der Waals surface area contributed by atoms with Crippen LogP contribution < -0.4 is 10.9 Å². The number of aryl methyl sites for hydroxylation is 1. The van der Waals surface area contributed by atoms with Crippen molar-refractivity contribution >= 4 is 28.9 Å². The van der Waals surface area contributed by atoms with Crippen LogP contribution in [0.2, 0.25) is 5.02 Å². The van der Waals surface area contributed by atoms with E-state index in [1.54, 1.807) is 13.0 Å². The van der Waals surface area contributed by atoms with Crippen molar-refractivity contribution in [2.75, 3.05) is 12.4 Å². The molecule has 10 heteroatoms. The number of carbonyl (C=O) groups is 1. The molecule has 0 atom stereocenters. The Hall–Kier alpha value is -3.22. The number of nitro groups is 1. The fourth-order valence-corrected chi connectivity index (χ4v) is 2.68. The van der Waals surface area contributed by atoms with E-state index in [0.717, 1.165) is 10.6 Å². The molecule has 0 fully saturated rings. The van der Waals surface area contributed by atoms with E-state index in [1.165, 1.54) is 19.2 Å². The Kier molecular flexibility index (Phi) is 6.28. The van der Waals surface area contributed by atoms with Gasteiger partial charge in [0.1, 0.15) is 23.2 Å². The third-order valence-corrected chi connectivity index (χ3v) is 4.05. The lowest BCUT2D eigenvalue weighted by molar-refractivity contribution is -0.384. The van der Waals surface area contributed by atoms with Gasteiger partial charge in [-0.25, -0.2) is 0 Å². The monoisotopic (exact) mass is 390 g/mol. The minimum absolute atomic E-state index is 0.0579. The van der Waals surface area contributed by atoms with Crippen LogP contribution in [0, 0.1) is 28.4 Å². The number of benzene rings is 1. The number of hydrogen-bond acceptors (Lipinski definition) is 6. The maximum atomic E-state index is 12.5. The first-order valence-corrected chi connectivity index (χ1v) is 8.02. The second-order valence-corrected chi connectivity index (χ2v) is 6.00. The van der Waals surface area contributed by atoms with Gasteiger partial charge in [0.2, 0.25) is 5.91 Å². The Labute approximate surface area is 158 Å². The molecule has 0 saturated heterocycles. The number of nitrogens with zero attached hydrogens (tertiary/aromatic N) is 3. The second kappa shape index (κ2) is 8.44. The summed E-state index contributed by atoms with van der Waals surface area (Å²) >= 11 is 5.73. The highest BCUT2D eigenvalue weighted by molar-refractivity contribution is 6.32. The van der Waals surface area contributed by atoms with Crippen molar-refractivity contribution in [3.63, 3.8) is 0 Å². The molecule has 0 bridgehead atoms. The number of rotatable bonds is 6. The summed E-state index contributed by atoms with van der Waals surface area (Å²) in [6.45, 7) is 1.37. The van der Waals surface area contributed by atoms with Crippen LogP contribution in [0.1, 0.15) is 16.8 Å². The minimum atomic E-state index is -0.666. The molecule has 9 nitrogen and oxygen atoms in total. The molecule has 1 amide bonds. The van der Waals surface area contributed by atoms with E-state index >= 15 is 0 Å². The Morgan fingerprint density at radius 3 is 2.74 bits per heavy atom. The lowest BCUT2D eigenvalue weighted by Gasteiger charge is -2.13. The van der Waals surface area contributed by atoms with Crippen LogP contribution in [0.4, 0.5) is 11.4 Å². The highest BCUT2D eigenvalue weighted by atomic mass is 35.5. The molecular formula is C17H15ClN4O5. The Bertz CT molecular complexity index is 1010. The summed E-state index contributed by atoms with van der Waals surface area (Å²) < 4.78 is 6.13. The van der Waals surface area contributed by atoms with Gasteiger partial charge in [-0.05, 0) is 25.1 Å². The van der Waals surface area contributed by atoms with Gasteiger partial charge in [0.15, 0.2) is 0 Å². The molecule has 1 N–H and O–H groups in total. The number of aromatic nitrogens is 1. The quantitative estimate of drug-likeness (QED) is 0.595. The van der Waals surface area contributed by atoms with Gasteiger partial charge in [0, 0.05) is 30.1 Å². The van der Waals surface area contributed by atoms with E-state index in [9.17, 15) is 25.0 Å². The fraction of sp³-hybridized carbons (Fsp3) is 0.235. The molecule has 0 unspecified atom stereocenters. The normalized spacial score (nSPS) is 10.3. The van der Waals surface area contributed by atoms with Gasteiger partial charge in [-0.1, -0.05) is 11.6 Å². The minimum Gasteiger partial charge on any atom is -0.380 e.